The van der Waals surface area contributed by atoms with Gasteiger partial charge in [0.1, 0.15) is 6.61 Å². The van der Waals surface area contributed by atoms with E-state index in [1.54, 1.807) is 4.90 Å². The third-order valence-corrected chi connectivity index (χ3v) is 6.93. The smallest absolute Gasteiger partial charge is 0.266 e. The van der Waals surface area contributed by atoms with Gasteiger partial charge in [-0.15, -0.1) is 0 Å². The molecule has 0 aromatic heterocycles. The van der Waals surface area contributed by atoms with Gasteiger partial charge in [-0.2, -0.15) is 0 Å². The van der Waals surface area contributed by atoms with E-state index in [9.17, 15) is 4.79 Å². The van der Waals surface area contributed by atoms with E-state index in [1.165, 1.54) is 22.9 Å². The summed E-state index contributed by atoms with van der Waals surface area (Å²) >= 11 is 1.42. The summed E-state index contributed by atoms with van der Waals surface area (Å²) in [6, 6.07) is 22.1. The van der Waals surface area contributed by atoms with Gasteiger partial charge in [-0.3, -0.25) is 9.69 Å². The number of carbonyl (C=O) groups is 1. The molecule has 1 amide bonds. The minimum Gasteiger partial charge on any atom is -0.490 e. The van der Waals surface area contributed by atoms with Crippen molar-refractivity contribution < 1.29 is 14.3 Å². The molecule has 5 nitrogen and oxygen atoms in total. The molecular weight excluding hydrogens is 480 g/mol. The highest BCUT2D eigenvalue weighted by Crippen LogP contribution is 2.36. The lowest BCUT2D eigenvalue weighted by Gasteiger charge is -2.15. The first-order valence-corrected chi connectivity index (χ1v) is 13.6. The molecule has 37 heavy (non-hydrogen) atoms. The number of unbranched alkanes of at least 4 members (excludes halogenated alkanes) is 1. The maximum atomic E-state index is 13.3. The minimum atomic E-state index is -0.0120. The van der Waals surface area contributed by atoms with E-state index >= 15 is 0 Å². The number of benzene rings is 3. The normalized spacial score (nSPS) is 15.6. The fourth-order valence-corrected chi connectivity index (χ4v) is 4.98. The second-order valence-corrected chi connectivity index (χ2v) is 10.1. The summed E-state index contributed by atoms with van der Waals surface area (Å²) in [5.74, 6) is 1.33. The Labute approximate surface area is 224 Å². The molecule has 1 heterocycles. The van der Waals surface area contributed by atoms with E-state index in [1.807, 2.05) is 61.5 Å². The van der Waals surface area contributed by atoms with Crippen molar-refractivity contribution in [3.8, 4) is 11.5 Å². The van der Waals surface area contributed by atoms with Crippen molar-refractivity contribution in [3.05, 3.63) is 93.9 Å². The summed E-state index contributed by atoms with van der Waals surface area (Å²) in [6.07, 6.45) is 3.84. The number of hydrogen-bond donors (Lipinski definition) is 0. The zero-order valence-electron chi connectivity index (χ0n) is 22.0. The minimum absolute atomic E-state index is 0.0120. The van der Waals surface area contributed by atoms with Gasteiger partial charge in [0, 0.05) is 6.54 Å². The molecule has 0 N–H and O–H groups in total. The Morgan fingerprint density at radius 2 is 1.73 bits per heavy atom. The van der Waals surface area contributed by atoms with Gasteiger partial charge in [0.25, 0.3) is 5.91 Å². The third-order valence-electron chi connectivity index (χ3n) is 5.92. The predicted molar refractivity (Wildman–Crippen MR) is 154 cm³/mol. The molecule has 0 aliphatic carbocycles. The summed E-state index contributed by atoms with van der Waals surface area (Å²) in [7, 11) is 0. The van der Waals surface area contributed by atoms with Crippen LogP contribution in [0.3, 0.4) is 0 Å². The van der Waals surface area contributed by atoms with Gasteiger partial charge in [0.2, 0.25) is 0 Å². The van der Waals surface area contributed by atoms with E-state index in [2.05, 4.69) is 39.0 Å². The molecule has 192 valence electrons. The fourth-order valence-electron chi connectivity index (χ4n) is 3.95. The van der Waals surface area contributed by atoms with Crippen molar-refractivity contribution in [3.63, 3.8) is 0 Å². The number of hydrogen-bond acceptors (Lipinski definition) is 5. The second kappa shape index (κ2) is 12.6. The summed E-state index contributed by atoms with van der Waals surface area (Å²) in [5, 5.41) is 0.719. The molecule has 1 aliphatic rings. The molecule has 6 heteroatoms. The van der Waals surface area contributed by atoms with E-state index in [-0.39, 0.29) is 5.91 Å². The Bertz CT molecular complexity index is 1300. The monoisotopic (exact) mass is 514 g/mol. The predicted octanol–water partition coefficient (Wildman–Crippen LogP) is 7.69. The average molecular weight is 515 g/mol. The van der Waals surface area contributed by atoms with Crippen LogP contribution < -0.4 is 9.47 Å². The molecule has 0 saturated carbocycles. The summed E-state index contributed by atoms with van der Waals surface area (Å²) in [6.45, 7) is 9.83. The van der Waals surface area contributed by atoms with Crippen molar-refractivity contribution in [2.75, 3.05) is 13.2 Å². The van der Waals surface area contributed by atoms with Crippen molar-refractivity contribution in [2.24, 2.45) is 4.99 Å². The van der Waals surface area contributed by atoms with Gasteiger partial charge < -0.3 is 9.47 Å². The Kier molecular flexibility index (Phi) is 9.07. The lowest BCUT2D eigenvalue weighted by atomic mass is 10.1. The zero-order chi connectivity index (χ0) is 26.2. The molecule has 0 bridgehead atoms. The molecule has 4 rings (SSSR count). The van der Waals surface area contributed by atoms with E-state index < -0.39 is 0 Å². The first-order valence-electron chi connectivity index (χ1n) is 12.8. The van der Waals surface area contributed by atoms with Gasteiger partial charge in [0.15, 0.2) is 16.7 Å². The topological polar surface area (TPSA) is 51.1 Å². The third kappa shape index (κ3) is 7.04. The molecular formula is C31H34N2O3S. The highest BCUT2D eigenvalue weighted by molar-refractivity contribution is 8.18. The van der Waals surface area contributed by atoms with Gasteiger partial charge in [0.05, 0.1) is 17.2 Å². The molecule has 1 saturated heterocycles. The van der Waals surface area contributed by atoms with Crippen LogP contribution in [0.15, 0.2) is 76.6 Å². The Hall–Kier alpha value is -3.51. The first kappa shape index (κ1) is 26.6. The maximum Gasteiger partial charge on any atom is 0.266 e. The number of aryl methyl sites for hydroxylation is 2. The number of ether oxygens (including phenoxy) is 2. The van der Waals surface area contributed by atoms with Gasteiger partial charge in [-0.25, -0.2) is 4.99 Å². The maximum absolute atomic E-state index is 13.3. The molecule has 0 atom stereocenters. The van der Waals surface area contributed by atoms with Gasteiger partial charge in [-0.1, -0.05) is 66.9 Å². The molecule has 0 spiro atoms. The molecule has 0 radical (unpaired) electrons. The summed E-state index contributed by atoms with van der Waals surface area (Å²) in [4.78, 5) is 20.6. The first-order chi connectivity index (χ1) is 18.0. The number of thioether (sulfide) groups is 1. The van der Waals surface area contributed by atoms with Gasteiger partial charge in [-0.05, 0) is 80.4 Å². The lowest BCUT2D eigenvalue weighted by Crippen LogP contribution is -2.30. The van der Waals surface area contributed by atoms with Crippen LogP contribution in [0.5, 0.6) is 11.5 Å². The van der Waals surface area contributed by atoms with E-state index in [0.717, 1.165) is 34.8 Å². The SMILES string of the molecule is CCCCN1C(=O)/C(=C\c2ccc(OCc3cccc(C)c3)c(OCC)c2)SC1=Nc1ccc(C)cc1. The molecule has 3 aromatic carbocycles. The number of amides is 1. The Morgan fingerprint density at radius 3 is 2.46 bits per heavy atom. The van der Waals surface area contributed by atoms with E-state index in [4.69, 9.17) is 14.5 Å². The average Bonchev–Trinajstić information content (AvgIpc) is 3.17. The van der Waals surface area contributed by atoms with Crippen LogP contribution in [0.1, 0.15) is 48.9 Å². The summed E-state index contributed by atoms with van der Waals surface area (Å²) < 4.78 is 12.0. The quantitative estimate of drug-likeness (QED) is 0.260. The second-order valence-electron chi connectivity index (χ2n) is 9.07. The van der Waals surface area contributed by atoms with Crippen molar-refractivity contribution in [1.82, 2.24) is 4.90 Å². The van der Waals surface area contributed by atoms with Crippen LogP contribution in [-0.4, -0.2) is 29.1 Å². The highest BCUT2D eigenvalue weighted by atomic mass is 32.2. The standard InChI is InChI=1S/C31H34N2O3S/c1-5-7-17-33-30(34)29(37-31(33)32-26-14-11-22(3)12-15-26)20-24-13-16-27(28(19-24)35-6-2)36-21-25-10-8-9-23(4)18-25/h8-16,18-20H,5-7,17,21H2,1-4H3/b29-20+,32-31?. The van der Waals surface area contributed by atoms with Crippen LogP contribution in [-0.2, 0) is 11.4 Å². The van der Waals surface area contributed by atoms with Crippen molar-refractivity contribution in [1.29, 1.82) is 0 Å². The van der Waals surface area contributed by atoms with Crippen LogP contribution in [0.2, 0.25) is 0 Å². The van der Waals surface area contributed by atoms with Gasteiger partial charge >= 0.3 is 0 Å². The number of rotatable bonds is 10. The lowest BCUT2D eigenvalue weighted by molar-refractivity contribution is -0.122. The Morgan fingerprint density at radius 1 is 0.919 bits per heavy atom. The molecule has 0 unspecified atom stereocenters. The largest absolute Gasteiger partial charge is 0.490 e. The highest BCUT2D eigenvalue weighted by Gasteiger charge is 2.33. The van der Waals surface area contributed by atoms with Crippen molar-refractivity contribution in [2.45, 2.75) is 47.1 Å². The fraction of sp³-hybridized carbons (Fsp3) is 0.290. The molecule has 1 aliphatic heterocycles. The number of aliphatic imine (C=N–C) groups is 1. The van der Waals surface area contributed by atoms with Crippen LogP contribution in [0, 0.1) is 13.8 Å². The zero-order valence-corrected chi connectivity index (χ0v) is 22.8. The summed E-state index contributed by atoms with van der Waals surface area (Å²) in [5.41, 5.74) is 5.21. The van der Waals surface area contributed by atoms with Crippen LogP contribution in [0.4, 0.5) is 5.69 Å². The van der Waals surface area contributed by atoms with Crippen molar-refractivity contribution >= 4 is 34.6 Å². The van der Waals surface area contributed by atoms with E-state index in [0.29, 0.717) is 36.2 Å². The molecule has 3 aromatic rings. The number of amidine groups is 1. The Balaban J connectivity index is 1.57. The molecule has 1 fully saturated rings. The van der Waals surface area contributed by atoms with Crippen LogP contribution in [0.25, 0.3) is 6.08 Å². The number of carbonyl (C=O) groups excluding carboxylic acids is 1. The number of nitrogens with zero attached hydrogens (tertiary/aromatic N) is 2. The van der Waals surface area contributed by atoms with Crippen LogP contribution >= 0.6 is 11.8 Å².